The highest BCUT2D eigenvalue weighted by atomic mass is 16.2. The largest absolute Gasteiger partial charge is 0.351 e. The number of carbonyl (C=O) groups is 1. The van der Waals surface area contributed by atoms with Gasteiger partial charge in [-0.3, -0.25) is 4.79 Å². The number of nitrogens with two attached hydrogens (primary N) is 1. The Balaban J connectivity index is 2.47. The fourth-order valence-electron chi connectivity index (χ4n) is 1.33. The second-order valence-corrected chi connectivity index (χ2v) is 3.72. The maximum atomic E-state index is 11.4. The van der Waals surface area contributed by atoms with E-state index in [-0.39, 0.29) is 5.91 Å². The topological polar surface area (TPSA) is 55.1 Å². The zero-order valence-electron chi connectivity index (χ0n) is 9.29. The summed E-state index contributed by atoms with van der Waals surface area (Å²) in [7, 11) is 0. The molecule has 3 heteroatoms. The molecule has 1 amide bonds. The van der Waals surface area contributed by atoms with Gasteiger partial charge in [0.05, 0.1) is 6.04 Å². The summed E-state index contributed by atoms with van der Waals surface area (Å²) >= 11 is 0. The van der Waals surface area contributed by atoms with Crippen LogP contribution < -0.4 is 11.1 Å². The third kappa shape index (κ3) is 3.72. The van der Waals surface area contributed by atoms with E-state index in [9.17, 15) is 4.79 Å². The molecule has 0 aliphatic heterocycles. The second-order valence-electron chi connectivity index (χ2n) is 3.72. The molecule has 0 bridgehead atoms. The number of hydrogen-bond donors (Lipinski definition) is 2. The van der Waals surface area contributed by atoms with Crippen molar-refractivity contribution in [1.29, 1.82) is 0 Å². The first-order valence-corrected chi connectivity index (χ1v) is 5.22. The molecule has 0 aliphatic rings. The van der Waals surface area contributed by atoms with Crippen molar-refractivity contribution in [1.82, 2.24) is 5.32 Å². The van der Waals surface area contributed by atoms with Gasteiger partial charge in [0.15, 0.2) is 0 Å². The van der Waals surface area contributed by atoms with E-state index < -0.39 is 6.04 Å². The van der Waals surface area contributed by atoms with Gasteiger partial charge < -0.3 is 11.1 Å². The van der Waals surface area contributed by atoms with Crippen molar-refractivity contribution in [3.05, 3.63) is 35.4 Å². The number of hydrogen-bond acceptors (Lipinski definition) is 2. The highest BCUT2D eigenvalue weighted by molar-refractivity contribution is 5.81. The van der Waals surface area contributed by atoms with Crippen molar-refractivity contribution in [3.8, 4) is 0 Å². The van der Waals surface area contributed by atoms with Gasteiger partial charge in [-0.05, 0) is 18.9 Å². The molecule has 3 N–H and O–H groups in total. The molecule has 1 unspecified atom stereocenters. The number of benzene rings is 1. The summed E-state index contributed by atoms with van der Waals surface area (Å²) < 4.78 is 0. The fraction of sp³-hybridized carbons (Fsp3) is 0.417. The van der Waals surface area contributed by atoms with Crippen LogP contribution in [0.1, 0.15) is 24.5 Å². The van der Waals surface area contributed by atoms with Crippen LogP contribution in [0, 0.1) is 6.92 Å². The molecule has 1 rings (SSSR count). The third-order valence-electron chi connectivity index (χ3n) is 2.33. The van der Waals surface area contributed by atoms with E-state index in [1.54, 1.807) is 0 Å². The van der Waals surface area contributed by atoms with Crippen LogP contribution in [-0.2, 0) is 11.3 Å². The van der Waals surface area contributed by atoms with Crippen LogP contribution in [0.2, 0.25) is 0 Å². The van der Waals surface area contributed by atoms with E-state index >= 15 is 0 Å². The zero-order valence-corrected chi connectivity index (χ0v) is 9.29. The Kier molecular flexibility index (Phi) is 4.31. The molecule has 0 saturated carbocycles. The standard InChI is InChI=1S/C12H18N2O/c1-3-11(13)12(15)14-8-10-6-4-5-9(2)7-10/h4-7,11H,3,8,13H2,1-2H3,(H,14,15). The summed E-state index contributed by atoms with van der Waals surface area (Å²) in [5.74, 6) is -0.0843. The highest BCUT2D eigenvalue weighted by Crippen LogP contribution is 2.03. The first kappa shape index (κ1) is 11.7. The van der Waals surface area contributed by atoms with Crippen molar-refractivity contribution >= 4 is 5.91 Å². The molecule has 0 aliphatic carbocycles. The number of carbonyl (C=O) groups excluding carboxylic acids is 1. The Morgan fingerprint density at radius 1 is 1.53 bits per heavy atom. The van der Waals surface area contributed by atoms with Crippen LogP contribution in [0.15, 0.2) is 24.3 Å². The van der Waals surface area contributed by atoms with E-state index in [4.69, 9.17) is 5.73 Å². The van der Waals surface area contributed by atoms with Crippen molar-refractivity contribution in [2.45, 2.75) is 32.9 Å². The maximum Gasteiger partial charge on any atom is 0.237 e. The van der Waals surface area contributed by atoms with Crippen molar-refractivity contribution in [2.75, 3.05) is 0 Å². The van der Waals surface area contributed by atoms with E-state index in [0.29, 0.717) is 13.0 Å². The molecule has 0 aromatic heterocycles. The molecule has 0 fully saturated rings. The summed E-state index contributed by atoms with van der Waals surface area (Å²) in [6.45, 7) is 4.48. The van der Waals surface area contributed by atoms with Crippen LogP contribution >= 0.6 is 0 Å². The maximum absolute atomic E-state index is 11.4. The number of amides is 1. The van der Waals surface area contributed by atoms with Gasteiger partial charge >= 0.3 is 0 Å². The van der Waals surface area contributed by atoms with Gasteiger partial charge in [0, 0.05) is 6.54 Å². The average molecular weight is 206 g/mol. The summed E-state index contributed by atoms with van der Waals surface area (Å²) in [5, 5.41) is 2.81. The SMILES string of the molecule is CCC(N)C(=O)NCc1cccc(C)c1. The summed E-state index contributed by atoms with van der Waals surface area (Å²) in [6.07, 6.45) is 0.666. The molecule has 1 aromatic carbocycles. The second kappa shape index (κ2) is 5.51. The molecule has 3 nitrogen and oxygen atoms in total. The quantitative estimate of drug-likeness (QED) is 0.781. The Morgan fingerprint density at radius 2 is 2.27 bits per heavy atom. The zero-order chi connectivity index (χ0) is 11.3. The molecule has 1 atom stereocenters. The van der Waals surface area contributed by atoms with Gasteiger partial charge in [0.1, 0.15) is 0 Å². The number of aryl methyl sites for hydroxylation is 1. The van der Waals surface area contributed by atoms with Gasteiger partial charge in [-0.2, -0.15) is 0 Å². The predicted molar refractivity (Wildman–Crippen MR) is 61.3 cm³/mol. The summed E-state index contributed by atoms with van der Waals surface area (Å²) in [4.78, 5) is 11.4. The van der Waals surface area contributed by atoms with Crippen molar-refractivity contribution < 1.29 is 4.79 Å². The lowest BCUT2D eigenvalue weighted by atomic mass is 10.1. The van der Waals surface area contributed by atoms with E-state index in [2.05, 4.69) is 11.4 Å². The lowest BCUT2D eigenvalue weighted by molar-refractivity contribution is -0.122. The van der Waals surface area contributed by atoms with Gasteiger partial charge in [-0.25, -0.2) is 0 Å². The molecular weight excluding hydrogens is 188 g/mol. The molecule has 1 aromatic rings. The Labute approximate surface area is 90.7 Å². The van der Waals surface area contributed by atoms with Gasteiger partial charge in [-0.1, -0.05) is 36.8 Å². The van der Waals surface area contributed by atoms with Crippen LogP contribution in [0.25, 0.3) is 0 Å². The van der Waals surface area contributed by atoms with Gasteiger partial charge in [-0.15, -0.1) is 0 Å². The normalized spacial score (nSPS) is 12.2. The Bertz CT molecular complexity index is 336. The molecular formula is C12H18N2O. The summed E-state index contributed by atoms with van der Waals surface area (Å²) in [5.41, 5.74) is 7.90. The molecule has 0 heterocycles. The molecule has 0 saturated heterocycles. The van der Waals surface area contributed by atoms with Crippen LogP contribution in [0.4, 0.5) is 0 Å². The highest BCUT2D eigenvalue weighted by Gasteiger charge is 2.09. The smallest absolute Gasteiger partial charge is 0.237 e. The van der Waals surface area contributed by atoms with E-state index in [0.717, 1.165) is 5.56 Å². The van der Waals surface area contributed by atoms with Crippen LogP contribution in [0.5, 0.6) is 0 Å². The first-order chi connectivity index (χ1) is 7.13. The fourth-order valence-corrected chi connectivity index (χ4v) is 1.33. The first-order valence-electron chi connectivity index (χ1n) is 5.22. The Morgan fingerprint density at radius 3 is 2.87 bits per heavy atom. The van der Waals surface area contributed by atoms with Crippen LogP contribution in [0.3, 0.4) is 0 Å². The minimum Gasteiger partial charge on any atom is -0.351 e. The number of nitrogens with one attached hydrogen (secondary N) is 1. The predicted octanol–water partition coefficient (Wildman–Crippen LogP) is 1.35. The molecule has 0 spiro atoms. The van der Waals surface area contributed by atoms with Gasteiger partial charge in [0.2, 0.25) is 5.91 Å². The van der Waals surface area contributed by atoms with Crippen LogP contribution in [-0.4, -0.2) is 11.9 Å². The van der Waals surface area contributed by atoms with Crippen molar-refractivity contribution in [2.24, 2.45) is 5.73 Å². The van der Waals surface area contributed by atoms with Crippen molar-refractivity contribution in [3.63, 3.8) is 0 Å². The minimum absolute atomic E-state index is 0.0843. The Hall–Kier alpha value is -1.35. The average Bonchev–Trinajstić information content (AvgIpc) is 2.25. The van der Waals surface area contributed by atoms with Gasteiger partial charge in [0.25, 0.3) is 0 Å². The lowest BCUT2D eigenvalue weighted by Gasteiger charge is -2.10. The lowest BCUT2D eigenvalue weighted by Crippen LogP contribution is -2.39. The molecule has 0 radical (unpaired) electrons. The summed E-state index contributed by atoms with van der Waals surface area (Å²) in [6, 6.07) is 7.66. The van der Waals surface area contributed by atoms with E-state index in [1.165, 1.54) is 5.56 Å². The van der Waals surface area contributed by atoms with E-state index in [1.807, 2.05) is 32.0 Å². The minimum atomic E-state index is -0.394. The molecule has 82 valence electrons. The third-order valence-corrected chi connectivity index (χ3v) is 2.33. The molecule has 15 heavy (non-hydrogen) atoms. The number of rotatable bonds is 4. The monoisotopic (exact) mass is 206 g/mol.